The Morgan fingerprint density at radius 3 is 0.765 bits per heavy atom. The summed E-state index contributed by atoms with van der Waals surface area (Å²) < 4.78 is 36.5. The number of hydrogen-bond donors (Lipinski definition) is 0. The lowest BCUT2D eigenvalue weighted by atomic mass is 10.1. The maximum atomic E-state index is 6.21. The van der Waals surface area contributed by atoms with Crippen molar-refractivity contribution in [2.24, 2.45) is 0 Å². The molecule has 0 N–H and O–H groups in total. The number of nitrogens with zero attached hydrogens (tertiary/aromatic N) is 4. The van der Waals surface area contributed by atoms with Crippen molar-refractivity contribution in [2.75, 3.05) is 135 Å². The summed E-state index contributed by atoms with van der Waals surface area (Å²) in [5, 5.41) is 0. The second-order valence-corrected chi connectivity index (χ2v) is 9.91. The van der Waals surface area contributed by atoms with Crippen LogP contribution in [0.4, 0.5) is 0 Å². The van der Waals surface area contributed by atoms with E-state index in [1.165, 1.54) is 0 Å². The van der Waals surface area contributed by atoms with E-state index < -0.39 is 0 Å². The molecule has 0 aromatic carbocycles. The summed E-state index contributed by atoms with van der Waals surface area (Å²) >= 11 is 0. The summed E-state index contributed by atoms with van der Waals surface area (Å²) in [5.74, 6) is 0. The third-order valence-corrected chi connectivity index (χ3v) is 5.25. The van der Waals surface area contributed by atoms with Gasteiger partial charge in [0, 0.05) is 26.2 Å². The van der Waals surface area contributed by atoms with Crippen molar-refractivity contribution in [1.29, 1.82) is 0 Å². The zero-order chi connectivity index (χ0) is 25.3. The molecule has 1 heterocycles. The van der Waals surface area contributed by atoms with E-state index in [0.29, 0.717) is 52.9 Å². The predicted octanol–water partition coefficient (Wildman–Crippen LogP) is -0.180. The first-order valence-electron chi connectivity index (χ1n) is 12.4. The average molecular weight is 493 g/mol. The van der Waals surface area contributed by atoms with Gasteiger partial charge in [0.25, 0.3) is 0 Å². The van der Waals surface area contributed by atoms with Crippen molar-refractivity contribution in [3.8, 4) is 0 Å². The molecule has 4 atom stereocenters. The minimum Gasteiger partial charge on any atom is -0.377 e. The van der Waals surface area contributed by atoms with Gasteiger partial charge in [0.1, 0.15) is 0 Å². The normalized spacial score (nSPS) is 27.9. The Balaban J connectivity index is 2.78. The molecule has 0 saturated carbocycles. The molecule has 10 heteroatoms. The SMILES string of the molecule is CN(C)C[C@@H]1OCCOCCO[C@@H](CN(C)C)[C@@H](CN(C)C)OCCOCCO[C@H]1CN(C)C. The van der Waals surface area contributed by atoms with Crippen LogP contribution in [0.2, 0.25) is 0 Å². The first kappa shape index (κ1) is 31.6. The van der Waals surface area contributed by atoms with Crippen LogP contribution in [0.1, 0.15) is 0 Å². The molecule has 0 bridgehead atoms. The first-order chi connectivity index (χ1) is 16.2. The van der Waals surface area contributed by atoms with Gasteiger partial charge in [-0.15, -0.1) is 0 Å². The van der Waals surface area contributed by atoms with Crippen LogP contribution in [-0.4, -0.2) is 179 Å². The summed E-state index contributed by atoms with van der Waals surface area (Å²) in [5.41, 5.74) is 0. The molecule has 1 aliphatic heterocycles. The van der Waals surface area contributed by atoms with Crippen LogP contribution >= 0.6 is 0 Å². The predicted molar refractivity (Wildman–Crippen MR) is 135 cm³/mol. The van der Waals surface area contributed by atoms with Crippen molar-refractivity contribution in [1.82, 2.24) is 19.6 Å². The Kier molecular flexibility index (Phi) is 17.5. The summed E-state index contributed by atoms with van der Waals surface area (Å²) in [6, 6.07) is 0. The Hall–Kier alpha value is -0.400. The van der Waals surface area contributed by atoms with Crippen LogP contribution < -0.4 is 0 Å². The maximum absolute atomic E-state index is 6.21. The van der Waals surface area contributed by atoms with Gasteiger partial charge in [-0.25, -0.2) is 0 Å². The maximum Gasteiger partial charge on any atom is 0.0976 e. The molecule has 0 unspecified atom stereocenters. The van der Waals surface area contributed by atoms with Crippen LogP contribution in [0.3, 0.4) is 0 Å². The highest BCUT2D eigenvalue weighted by molar-refractivity contribution is 4.77. The molecule has 204 valence electrons. The Bertz CT molecular complexity index is 402. The Morgan fingerprint density at radius 1 is 0.382 bits per heavy atom. The fourth-order valence-electron chi connectivity index (χ4n) is 3.79. The van der Waals surface area contributed by atoms with Crippen molar-refractivity contribution >= 4 is 0 Å². The molecule has 0 aliphatic carbocycles. The molecule has 0 radical (unpaired) electrons. The summed E-state index contributed by atoms with van der Waals surface area (Å²) in [4.78, 5) is 8.50. The molecule has 0 spiro atoms. The van der Waals surface area contributed by atoms with Crippen molar-refractivity contribution in [2.45, 2.75) is 24.4 Å². The quantitative estimate of drug-likeness (QED) is 0.456. The number of likely N-dealkylation sites (N-methyl/N-ethyl adjacent to an activating group) is 4. The smallest absolute Gasteiger partial charge is 0.0976 e. The lowest BCUT2D eigenvalue weighted by Crippen LogP contribution is -2.46. The lowest BCUT2D eigenvalue weighted by Gasteiger charge is -2.32. The molecule has 1 aliphatic rings. The summed E-state index contributed by atoms with van der Waals surface area (Å²) in [6.45, 7) is 7.19. The zero-order valence-electron chi connectivity index (χ0n) is 23.0. The second kappa shape index (κ2) is 18.8. The van der Waals surface area contributed by atoms with E-state index >= 15 is 0 Å². The van der Waals surface area contributed by atoms with Crippen molar-refractivity contribution in [3.05, 3.63) is 0 Å². The Labute approximate surface area is 208 Å². The van der Waals surface area contributed by atoms with E-state index in [0.717, 1.165) is 26.2 Å². The highest BCUT2D eigenvalue weighted by Gasteiger charge is 2.26. The van der Waals surface area contributed by atoms with E-state index in [1.54, 1.807) is 0 Å². The standard InChI is InChI=1S/C24H52N4O6/c1-25(2)17-21-22(18-26(3)4)32-14-10-30-12-16-34-24(20-28(7)8)23(19-27(5)6)33-15-11-29-9-13-31-21/h21-24H,9-20H2,1-8H3/t21-,22-,23-,24+/m0/s1. The van der Waals surface area contributed by atoms with E-state index in [9.17, 15) is 0 Å². The number of rotatable bonds is 8. The van der Waals surface area contributed by atoms with Gasteiger partial charge in [-0.2, -0.15) is 0 Å². The van der Waals surface area contributed by atoms with E-state index in [-0.39, 0.29) is 24.4 Å². The molecule has 1 rings (SSSR count). The third kappa shape index (κ3) is 15.6. The van der Waals surface area contributed by atoms with Gasteiger partial charge in [0.05, 0.1) is 77.3 Å². The minimum absolute atomic E-state index is 0.0595. The van der Waals surface area contributed by atoms with Gasteiger partial charge in [-0.1, -0.05) is 0 Å². The minimum atomic E-state index is -0.0595. The van der Waals surface area contributed by atoms with E-state index in [1.807, 2.05) is 56.4 Å². The fourth-order valence-corrected chi connectivity index (χ4v) is 3.79. The summed E-state index contributed by atoms with van der Waals surface area (Å²) in [6.07, 6.45) is -0.238. The lowest BCUT2D eigenvalue weighted by molar-refractivity contribution is -0.124. The molecule has 1 saturated heterocycles. The largest absolute Gasteiger partial charge is 0.377 e. The number of hydrogen-bond acceptors (Lipinski definition) is 10. The molecule has 10 nitrogen and oxygen atoms in total. The van der Waals surface area contributed by atoms with Gasteiger partial charge in [-0.05, 0) is 56.4 Å². The van der Waals surface area contributed by atoms with Crippen LogP contribution in [-0.2, 0) is 28.4 Å². The molecular formula is C24H52N4O6. The zero-order valence-corrected chi connectivity index (χ0v) is 23.0. The highest BCUT2D eigenvalue weighted by atomic mass is 16.6. The molecule has 34 heavy (non-hydrogen) atoms. The van der Waals surface area contributed by atoms with Gasteiger partial charge >= 0.3 is 0 Å². The molecule has 1 fully saturated rings. The molecular weight excluding hydrogens is 440 g/mol. The van der Waals surface area contributed by atoms with Gasteiger partial charge < -0.3 is 48.0 Å². The number of ether oxygens (including phenoxy) is 6. The van der Waals surface area contributed by atoms with Gasteiger partial charge in [0.2, 0.25) is 0 Å². The van der Waals surface area contributed by atoms with E-state index in [4.69, 9.17) is 28.4 Å². The third-order valence-electron chi connectivity index (χ3n) is 5.25. The first-order valence-corrected chi connectivity index (χ1v) is 12.4. The van der Waals surface area contributed by atoms with Gasteiger partial charge in [-0.3, -0.25) is 0 Å². The Morgan fingerprint density at radius 2 is 0.588 bits per heavy atom. The fraction of sp³-hybridized carbons (Fsp3) is 1.00. The van der Waals surface area contributed by atoms with Crippen LogP contribution in [0.5, 0.6) is 0 Å². The monoisotopic (exact) mass is 492 g/mol. The highest BCUT2D eigenvalue weighted by Crippen LogP contribution is 2.10. The van der Waals surface area contributed by atoms with Crippen molar-refractivity contribution < 1.29 is 28.4 Å². The van der Waals surface area contributed by atoms with Crippen LogP contribution in [0, 0.1) is 0 Å². The average Bonchev–Trinajstić information content (AvgIpc) is 2.72. The molecule has 0 aromatic heterocycles. The topological polar surface area (TPSA) is 68.3 Å². The molecule has 0 aromatic rings. The van der Waals surface area contributed by atoms with Crippen LogP contribution in [0.15, 0.2) is 0 Å². The van der Waals surface area contributed by atoms with Gasteiger partial charge in [0.15, 0.2) is 0 Å². The van der Waals surface area contributed by atoms with Crippen LogP contribution in [0.25, 0.3) is 0 Å². The van der Waals surface area contributed by atoms with Crippen molar-refractivity contribution in [3.63, 3.8) is 0 Å². The summed E-state index contributed by atoms with van der Waals surface area (Å²) in [7, 11) is 16.4. The molecule has 0 amide bonds. The second-order valence-electron chi connectivity index (χ2n) is 9.91. The van der Waals surface area contributed by atoms with E-state index in [2.05, 4.69) is 19.6 Å².